The Morgan fingerprint density at radius 1 is 1.27 bits per heavy atom. The minimum Gasteiger partial charge on any atom is -0.465 e. The second kappa shape index (κ2) is 6.99. The van der Waals surface area contributed by atoms with Crippen LogP contribution in [-0.2, 0) is 9.53 Å². The first-order chi connectivity index (χ1) is 12.3. The summed E-state index contributed by atoms with van der Waals surface area (Å²) in [6.45, 7) is 7.88. The molecule has 26 heavy (non-hydrogen) atoms. The summed E-state index contributed by atoms with van der Waals surface area (Å²) in [5.74, 6) is -0.366. The second-order valence-electron chi connectivity index (χ2n) is 8.45. The van der Waals surface area contributed by atoms with E-state index in [1.165, 1.54) is 5.56 Å². The molecular weight excluding hydrogens is 332 g/mol. The zero-order valence-corrected chi connectivity index (χ0v) is 15.9. The zero-order chi connectivity index (χ0) is 19.1. The number of nitro groups is 1. The zero-order valence-electron chi connectivity index (χ0n) is 15.9. The Balaban J connectivity index is 2.05. The molecule has 0 aromatic heterocycles. The Kier molecular flexibility index (Phi) is 5.06. The van der Waals surface area contributed by atoms with Gasteiger partial charge in [0.25, 0.3) is 0 Å². The predicted molar refractivity (Wildman–Crippen MR) is 98.4 cm³/mol. The van der Waals surface area contributed by atoms with Crippen molar-refractivity contribution in [3.8, 4) is 0 Å². The Labute approximate surface area is 154 Å². The van der Waals surface area contributed by atoms with Crippen molar-refractivity contribution < 1.29 is 14.5 Å². The average Bonchev–Trinajstić information content (AvgIpc) is 3.32. The van der Waals surface area contributed by atoms with Crippen molar-refractivity contribution in [3.05, 3.63) is 45.5 Å². The number of esters is 1. The standard InChI is InChI=1S/C20H28N2O4/c1-5-26-19(23)17-15(20(2,3)4)18(22(24)25)16(21-17)14-9-7-6-8-13(14)12-10-11-12/h6-9,12,15-18,21H,5,10-11H2,1-4H3/t15-,16+,17+,18+/m1/s1. The van der Waals surface area contributed by atoms with Gasteiger partial charge in [0.15, 0.2) is 0 Å². The van der Waals surface area contributed by atoms with Crippen molar-refractivity contribution in [3.63, 3.8) is 0 Å². The van der Waals surface area contributed by atoms with Gasteiger partial charge in [-0.1, -0.05) is 45.0 Å². The Hall–Kier alpha value is -1.95. The number of carbonyl (C=O) groups is 1. The fraction of sp³-hybridized carbons (Fsp3) is 0.650. The molecule has 6 nitrogen and oxygen atoms in total. The molecule has 1 N–H and O–H groups in total. The first kappa shape index (κ1) is 18.8. The molecule has 6 heteroatoms. The summed E-state index contributed by atoms with van der Waals surface area (Å²) in [5, 5.41) is 15.4. The highest BCUT2D eigenvalue weighted by Crippen LogP contribution is 2.48. The fourth-order valence-corrected chi connectivity index (χ4v) is 4.35. The van der Waals surface area contributed by atoms with E-state index in [9.17, 15) is 14.9 Å². The van der Waals surface area contributed by atoms with Crippen LogP contribution >= 0.6 is 0 Å². The quantitative estimate of drug-likeness (QED) is 0.494. The molecule has 3 rings (SSSR count). The van der Waals surface area contributed by atoms with Gasteiger partial charge >= 0.3 is 5.97 Å². The Morgan fingerprint density at radius 3 is 2.38 bits per heavy atom. The molecule has 1 aromatic carbocycles. The van der Waals surface area contributed by atoms with E-state index >= 15 is 0 Å². The van der Waals surface area contributed by atoms with Gasteiger partial charge in [0.1, 0.15) is 12.1 Å². The smallest absolute Gasteiger partial charge is 0.323 e. The highest BCUT2D eigenvalue weighted by Gasteiger charge is 2.58. The number of hydrogen-bond donors (Lipinski definition) is 1. The third-order valence-corrected chi connectivity index (χ3v) is 5.56. The summed E-state index contributed by atoms with van der Waals surface area (Å²) in [7, 11) is 0. The minimum atomic E-state index is -0.871. The van der Waals surface area contributed by atoms with Crippen LogP contribution in [0.1, 0.15) is 63.6 Å². The topological polar surface area (TPSA) is 81.5 Å². The first-order valence-corrected chi connectivity index (χ1v) is 9.40. The lowest BCUT2D eigenvalue weighted by atomic mass is 9.72. The second-order valence-corrected chi connectivity index (χ2v) is 8.45. The summed E-state index contributed by atoms with van der Waals surface area (Å²) >= 11 is 0. The van der Waals surface area contributed by atoms with Gasteiger partial charge in [-0.2, -0.15) is 0 Å². The predicted octanol–water partition coefficient (Wildman–Crippen LogP) is 3.45. The van der Waals surface area contributed by atoms with Gasteiger partial charge in [0, 0.05) is 4.92 Å². The van der Waals surface area contributed by atoms with Gasteiger partial charge in [-0.15, -0.1) is 0 Å². The maximum atomic E-state index is 12.6. The summed E-state index contributed by atoms with van der Waals surface area (Å²) in [6.07, 6.45) is 2.24. The lowest BCUT2D eigenvalue weighted by Gasteiger charge is -2.31. The highest BCUT2D eigenvalue weighted by molar-refractivity contribution is 5.77. The molecule has 1 heterocycles. The van der Waals surface area contributed by atoms with Gasteiger partial charge < -0.3 is 4.74 Å². The molecule has 0 unspecified atom stereocenters. The van der Waals surface area contributed by atoms with Crippen LogP contribution in [0.4, 0.5) is 0 Å². The number of carbonyl (C=O) groups excluding carboxylic acids is 1. The number of benzene rings is 1. The maximum absolute atomic E-state index is 12.6. The number of rotatable bonds is 5. The molecule has 0 radical (unpaired) electrons. The molecule has 0 amide bonds. The van der Waals surface area contributed by atoms with Crippen LogP contribution in [-0.4, -0.2) is 29.6 Å². The van der Waals surface area contributed by atoms with Crippen LogP contribution in [0.15, 0.2) is 24.3 Å². The van der Waals surface area contributed by atoms with E-state index in [0.717, 1.165) is 18.4 Å². The lowest BCUT2D eigenvalue weighted by Crippen LogP contribution is -2.45. The monoisotopic (exact) mass is 360 g/mol. The van der Waals surface area contributed by atoms with Crippen LogP contribution < -0.4 is 5.32 Å². The molecule has 1 saturated heterocycles. The van der Waals surface area contributed by atoms with Gasteiger partial charge in [0.05, 0.1) is 12.5 Å². The van der Waals surface area contributed by atoms with Crippen molar-refractivity contribution in [2.24, 2.45) is 11.3 Å². The average molecular weight is 360 g/mol. The molecule has 2 aliphatic rings. The molecule has 4 atom stereocenters. The molecule has 0 bridgehead atoms. The fourth-order valence-electron chi connectivity index (χ4n) is 4.35. The van der Waals surface area contributed by atoms with E-state index in [2.05, 4.69) is 11.4 Å². The summed E-state index contributed by atoms with van der Waals surface area (Å²) < 4.78 is 5.23. The van der Waals surface area contributed by atoms with E-state index in [-0.39, 0.29) is 11.5 Å². The Morgan fingerprint density at radius 2 is 1.88 bits per heavy atom. The number of nitrogens with one attached hydrogen (secondary N) is 1. The lowest BCUT2D eigenvalue weighted by molar-refractivity contribution is -0.535. The van der Waals surface area contributed by atoms with Crippen LogP contribution in [0, 0.1) is 21.4 Å². The van der Waals surface area contributed by atoms with Crippen LogP contribution in [0.25, 0.3) is 0 Å². The van der Waals surface area contributed by atoms with Crippen LogP contribution in [0.2, 0.25) is 0 Å². The molecule has 1 saturated carbocycles. The van der Waals surface area contributed by atoms with Gasteiger partial charge in [-0.25, -0.2) is 0 Å². The normalized spacial score (nSPS) is 28.8. The SMILES string of the molecule is CCOC(=O)[C@H]1N[C@@H](c2ccccc2C2CC2)[C@@H]([N+](=O)[O-])[C@@H]1C(C)(C)C. The molecule has 142 valence electrons. The van der Waals surface area contributed by atoms with Crippen molar-refractivity contribution in [1.29, 1.82) is 0 Å². The molecule has 1 aliphatic carbocycles. The molecule has 1 aliphatic heterocycles. The van der Waals surface area contributed by atoms with Gasteiger partial charge in [0.2, 0.25) is 6.04 Å². The molecule has 0 spiro atoms. The van der Waals surface area contributed by atoms with E-state index in [1.54, 1.807) is 6.92 Å². The summed E-state index contributed by atoms with van der Waals surface area (Å²) in [6, 6.07) is 5.90. The highest BCUT2D eigenvalue weighted by atomic mass is 16.6. The first-order valence-electron chi connectivity index (χ1n) is 9.40. The van der Waals surface area contributed by atoms with Crippen molar-refractivity contribution in [2.75, 3.05) is 6.61 Å². The Bertz CT molecular complexity index is 693. The van der Waals surface area contributed by atoms with Gasteiger partial charge in [-0.05, 0) is 42.2 Å². The third-order valence-electron chi connectivity index (χ3n) is 5.56. The molecule has 1 aromatic rings. The van der Waals surface area contributed by atoms with Gasteiger partial charge in [-0.3, -0.25) is 20.2 Å². The van der Waals surface area contributed by atoms with E-state index in [1.807, 2.05) is 39.0 Å². The van der Waals surface area contributed by atoms with Crippen LogP contribution in [0.5, 0.6) is 0 Å². The van der Waals surface area contributed by atoms with E-state index in [0.29, 0.717) is 5.92 Å². The largest absolute Gasteiger partial charge is 0.465 e. The molecule has 2 fully saturated rings. The van der Waals surface area contributed by atoms with E-state index < -0.39 is 35.4 Å². The maximum Gasteiger partial charge on any atom is 0.323 e. The van der Waals surface area contributed by atoms with E-state index in [4.69, 9.17) is 4.74 Å². The van der Waals surface area contributed by atoms with Crippen LogP contribution in [0.3, 0.4) is 0 Å². The number of nitrogens with zero attached hydrogens (tertiary/aromatic N) is 1. The number of hydrogen-bond acceptors (Lipinski definition) is 5. The van der Waals surface area contributed by atoms with Crippen molar-refractivity contribution in [1.82, 2.24) is 5.32 Å². The van der Waals surface area contributed by atoms with Crippen molar-refractivity contribution >= 4 is 5.97 Å². The van der Waals surface area contributed by atoms with Crippen molar-refractivity contribution in [2.45, 2.75) is 64.6 Å². The molecular formula is C20H28N2O4. The minimum absolute atomic E-state index is 0.212. The third kappa shape index (κ3) is 3.47. The summed E-state index contributed by atoms with van der Waals surface area (Å²) in [5.41, 5.74) is 1.72. The summed E-state index contributed by atoms with van der Waals surface area (Å²) in [4.78, 5) is 24.4. The number of ether oxygens (including phenoxy) is 1.